The lowest BCUT2D eigenvalue weighted by molar-refractivity contribution is 0.623. The Morgan fingerprint density at radius 3 is 2.88 bits per heavy atom. The Balaban J connectivity index is 1.84. The number of benzene rings is 2. The number of anilines is 3. The first kappa shape index (κ1) is 15.0. The highest BCUT2D eigenvalue weighted by Crippen LogP contribution is 2.37. The van der Waals surface area contributed by atoms with Gasteiger partial charge >= 0.3 is 0 Å². The molecule has 3 heterocycles. The van der Waals surface area contributed by atoms with Crippen molar-refractivity contribution in [3.63, 3.8) is 0 Å². The normalized spacial score (nSPS) is 14.2. The van der Waals surface area contributed by atoms with Gasteiger partial charge in [-0.2, -0.15) is 4.98 Å². The zero-order valence-electron chi connectivity index (χ0n) is 13.7. The van der Waals surface area contributed by atoms with Crippen LogP contribution in [0, 0.1) is 11.6 Å². The maximum absolute atomic E-state index is 14.2. The Morgan fingerprint density at radius 1 is 1.12 bits per heavy atom. The molecule has 2 N–H and O–H groups in total. The molecule has 4 aromatic rings. The number of nitrogens with two attached hydrogens (primary N) is 1. The number of halogens is 2. The molecule has 8 heteroatoms. The number of hydrogen-bond donors (Lipinski definition) is 1. The zero-order chi connectivity index (χ0) is 17.8. The van der Waals surface area contributed by atoms with E-state index in [4.69, 9.17) is 5.73 Å². The lowest BCUT2D eigenvalue weighted by Gasteiger charge is -2.31. The highest BCUT2D eigenvalue weighted by atomic mass is 19.1. The predicted molar refractivity (Wildman–Crippen MR) is 94.4 cm³/mol. The molecule has 0 saturated carbocycles. The number of rotatable bonds is 1. The molecule has 1 aliphatic heterocycles. The van der Waals surface area contributed by atoms with Crippen LogP contribution in [0.15, 0.2) is 36.7 Å². The summed E-state index contributed by atoms with van der Waals surface area (Å²) in [4.78, 5) is 6.48. The topological polar surface area (TPSA) is 72.3 Å². The van der Waals surface area contributed by atoms with Gasteiger partial charge in [-0.15, -0.1) is 10.2 Å². The second-order valence-electron chi connectivity index (χ2n) is 6.36. The molecule has 130 valence electrons. The van der Waals surface area contributed by atoms with Gasteiger partial charge in [0.1, 0.15) is 23.8 Å². The molecule has 0 spiro atoms. The van der Waals surface area contributed by atoms with Gasteiger partial charge in [-0.1, -0.05) is 6.07 Å². The molecule has 26 heavy (non-hydrogen) atoms. The molecule has 0 radical (unpaired) electrons. The van der Waals surface area contributed by atoms with Crippen molar-refractivity contribution in [2.24, 2.45) is 0 Å². The molecular formula is C18H14F2N6. The summed E-state index contributed by atoms with van der Waals surface area (Å²) >= 11 is 0. The van der Waals surface area contributed by atoms with Crippen molar-refractivity contribution in [3.05, 3.63) is 53.9 Å². The van der Waals surface area contributed by atoms with Crippen molar-refractivity contribution < 1.29 is 8.78 Å². The molecule has 0 fully saturated rings. The summed E-state index contributed by atoms with van der Waals surface area (Å²) in [6, 6.07) is 7.63. The second kappa shape index (κ2) is 5.35. The Bertz CT molecular complexity index is 1170. The van der Waals surface area contributed by atoms with Crippen LogP contribution in [0.2, 0.25) is 0 Å². The smallest absolute Gasteiger partial charge is 0.257 e. The largest absolute Gasteiger partial charge is 0.396 e. The van der Waals surface area contributed by atoms with Crippen LogP contribution in [0.4, 0.5) is 26.0 Å². The van der Waals surface area contributed by atoms with E-state index in [1.807, 2.05) is 4.90 Å². The molecule has 5 rings (SSSR count). The molecule has 2 aromatic carbocycles. The van der Waals surface area contributed by atoms with E-state index in [2.05, 4.69) is 15.2 Å². The SMILES string of the molecule is Nc1cc2c(cc1F)c(N1CCCc3ccc(F)cc31)nc1nncn12. The Kier molecular flexibility index (Phi) is 3.09. The lowest BCUT2D eigenvalue weighted by atomic mass is 10.0. The average molecular weight is 352 g/mol. The van der Waals surface area contributed by atoms with Crippen LogP contribution >= 0.6 is 0 Å². The summed E-state index contributed by atoms with van der Waals surface area (Å²) < 4.78 is 29.7. The van der Waals surface area contributed by atoms with Crippen LogP contribution < -0.4 is 10.6 Å². The first-order chi connectivity index (χ1) is 12.6. The molecule has 0 bridgehead atoms. The van der Waals surface area contributed by atoms with E-state index in [0.29, 0.717) is 29.0 Å². The van der Waals surface area contributed by atoms with Crippen molar-refractivity contribution in [2.75, 3.05) is 17.2 Å². The van der Waals surface area contributed by atoms with Crippen LogP contribution in [-0.2, 0) is 6.42 Å². The first-order valence-electron chi connectivity index (χ1n) is 8.26. The minimum absolute atomic E-state index is 0.0368. The highest BCUT2D eigenvalue weighted by molar-refractivity contribution is 5.95. The van der Waals surface area contributed by atoms with E-state index in [-0.39, 0.29) is 11.5 Å². The standard InChI is InChI=1S/C18H14F2N6/c19-11-4-3-10-2-1-5-25(15(10)6-11)17-12-7-13(20)14(21)8-16(12)26-9-22-24-18(26)23-17/h3-4,6-9H,1-2,5,21H2. The van der Waals surface area contributed by atoms with Crippen LogP contribution in [0.25, 0.3) is 16.7 Å². The third-order valence-electron chi connectivity index (χ3n) is 4.77. The van der Waals surface area contributed by atoms with Gasteiger partial charge in [-0.25, -0.2) is 8.78 Å². The maximum Gasteiger partial charge on any atom is 0.257 e. The second-order valence-corrected chi connectivity index (χ2v) is 6.36. The van der Waals surface area contributed by atoms with E-state index in [1.165, 1.54) is 24.5 Å². The van der Waals surface area contributed by atoms with E-state index in [0.717, 1.165) is 24.1 Å². The fraction of sp³-hybridized carbons (Fsp3) is 0.167. The van der Waals surface area contributed by atoms with Gasteiger partial charge in [0.25, 0.3) is 5.78 Å². The number of fused-ring (bicyclic) bond motifs is 4. The first-order valence-corrected chi connectivity index (χ1v) is 8.26. The zero-order valence-corrected chi connectivity index (χ0v) is 13.7. The number of aryl methyl sites for hydroxylation is 1. The van der Waals surface area contributed by atoms with Gasteiger partial charge in [0.2, 0.25) is 0 Å². The van der Waals surface area contributed by atoms with Gasteiger partial charge in [0.15, 0.2) is 0 Å². The third-order valence-corrected chi connectivity index (χ3v) is 4.77. The molecule has 0 unspecified atom stereocenters. The fourth-order valence-corrected chi connectivity index (χ4v) is 3.56. The molecule has 0 aliphatic carbocycles. The minimum Gasteiger partial charge on any atom is -0.396 e. The van der Waals surface area contributed by atoms with Gasteiger partial charge < -0.3 is 10.6 Å². The van der Waals surface area contributed by atoms with Crippen LogP contribution in [-0.4, -0.2) is 26.1 Å². The summed E-state index contributed by atoms with van der Waals surface area (Å²) in [6.45, 7) is 0.648. The molecule has 0 saturated heterocycles. The predicted octanol–water partition coefficient (Wildman–Crippen LogP) is 3.22. The minimum atomic E-state index is -0.524. The van der Waals surface area contributed by atoms with Gasteiger partial charge in [0, 0.05) is 17.6 Å². The van der Waals surface area contributed by atoms with Gasteiger partial charge in [-0.3, -0.25) is 4.40 Å². The van der Waals surface area contributed by atoms with E-state index in [1.54, 1.807) is 16.5 Å². The number of aromatic nitrogens is 4. The Hall–Kier alpha value is -3.29. The fourth-order valence-electron chi connectivity index (χ4n) is 3.56. The number of nitrogen functional groups attached to an aromatic ring is 1. The van der Waals surface area contributed by atoms with Gasteiger partial charge in [0.05, 0.1) is 11.2 Å². The molecule has 2 aromatic heterocycles. The van der Waals surface area contributed by atoms with Gasteiger partial charge in [-0.05, 0) is 42.7 Å². The lowest BCUT2D eigenvalue weighted by Crippen LogP contribution is -2.26. The summed E-state index contributed by atoms with van der Waals surface area (Å²) in [5.74, 6) is 0.0522. The molecular weight excluding hydrogens is 338 g/mol. The molecule has 0 amide bonds. The van der Waals surface area contributed by atoms with Crippen molar-refractivity contribution >= 4 is 33.9 Å². The van der Waals surface area contributed by atoms with Crippen molar-refractivity contribution in [1.82, 2.24) is 19.6 Å². The quantitative estimate of drug-likeness (QED) is 0.533. The van der Waals surface area contributed by atoms with Crippen molar-refractivity contribution in [1.29, 1.82) is 0 Å². The number of hydrogen-bond acceptors (Lipinski definition) is 5. The Labute approximate surface area is 146 Å². The molecule has 1 aliphatic rings. The maximum atomic E-state index is 14.2. The monoisotopic (exact) mass is 352 g/mol. The van der Waals surface area contributed by atoms with Crippen molar-refractivity contribution in [3.8, 4) is 0 Å². The van der Waals surface area contributed by atoms with Crippen LogP contribution in [0.5, 0.6) is 0 Å². The third kappa shape index (κ3) is 2.11. The van der Waals surface area contributed by atoms with E-state index >= 15 is 0 Å². The van der Waals surface area contributed by atoms with Crippen LogP contribution in [0.3, 0.4) is 0 Å². The summed E-state index contributed by atoms with van der Waals surface area (Å²) in [7, 11) is 0. The Morgan fingerprint density at radius 2 is 2.00 bits per heavy atom. The van der Waals surface area contributed by atoms with E-state index in [9.17, 15) is 8.78 Å². The summed E-state index contributed by atoms with van der Waals surface area (Å²) in [6.07, 6.45) is 3.26. The molecule has 6 nitrogen and oxygen atoms in total. The summed E-state index contributed by atoms with van der Waals surface area (Å²) in [5, 5.41) is 8.47. The van der Waals surface area contributed by atoms with Crippen molar-refractivity contribution in [2.45, 2.75) is 12.8 Å². The van der Waals surface area contributed by atoms with Crippen LogP contribution in [0.1, 0.15) is 12.0 Å². The summed E-state index contributed by atoms with van der Waals surface area (Å²) in [5.41, 5.74) is 8.22. The number of nitrogens with zero attached hydrogens (tertiary/aromatic N) is 5. The molecule has 0 atom stereocenters. The van der Waals surface area contributed by atoms with E-state index < -0.39 is 5.82 Å². The highest BCUT2D eigenvalue weighted by Gasteiger charge is 2.24. The average Bonchev–Trinajstić information content (AvgIpc) is 3.10.